The fraction of sp³-hybridized carbons (Fsp3) is 0.250. The number of ether oxygens (including phenoxy) is 1. The van der Waals surface area contributed by atoms with Crippen LogP contribution in [0.2, 0.25) is 5.02 Å². The van der Waals surface area contributed by atoms with Gasteiger partial charge >= 0.3 is 0 Å². The number of sulfonamides is 1. The lowest BCUT2D eigenvalue weighted by molar-refractivity contribution is 0.219. The Morgan fingerprint density at radius 2 is 1.86 bits per heavy atom. The standard InChI is InChI=1S/C16H16ClNO3S/c1-12-10-18(15-4-2-3-5-16(15)21-12)22(19,20)11-13-6-8-14(17)9-7-13/h2-9,12H,10-11H2,1H3. The molecular weight excluding hydrogens is 322 g/mol. The molecule has 0 amide bonds. The van der Waals surface area contributed by atoms with E-state index < -0.39 is 10.0 Å². The van der Waals surface area contributed by atoms with Gasteiger partial charge in [-0.2, -0.15) is 0 Å². The summed E-state index contributed by atoms with van der Waals surface area (Å²) in [6.07, 6.45) is -0.185. The van der Waals surface area contributed by atoms with E-state index in [-0.39, 0.29) is 11.9 Å². The first-order valence-corrected chi connectivity index (χ1v) is 8.95. The molecule has 0 spiro atoms. The monoisotopic (exact) mass is 337 g/mol. The molecule has 0 bridgehead atoms. The highest BCUT2D eigenvalue weighted by Crippen LogP contribution is 2.35. The number of halogens is 1. The molecule has 2 aromatic carbocycles. The summed E-state index contributed by atoms with van der Waals surface area (Å²) in [7, 11) is -3.49. The Labute approximate surface area is 135 Å². The molecule has 0 fully saturated rings. The minimum Gasteiger partial charge on any atom is -0.487 e. The SMILES string of the molecule is CC1CN(S(=O)(=O)Cc2ccc(Cl)cc2)c2ccccc2O1. The van der Waals surface area contributed by atoms with Crippen LogP contribution in [0, 0.1) is 0 Å². The Bertz CT molecular complexity index is 774. The van der Waals surface area contributed by atoms with Crippen LogP contribution >= 0.6 is 11.6 Å². The normalized spacial score (nSPS) is 17.7. The van der Waals surface area contributed by atoms with Gasteiger partial charge in [-0.3, -0.25) is 4.31 Å². The van der Waals surface area contributed by atoms with Crippen LogP contribution in [0.3, 0.4) is 0 Å². The maximum Gasteiger partial charge on any atom is 0.239 e. The van der Waals surface area contributed by atoms with Crippen molar-refractivity contribution in [3.05, 3.63) is 59.1 Å². The van der Waals surface area contributed by atoms with E-state index >= 15 is 0 Å². The van der Waals surface area contributed by atoms with E-state index in [0.717, 1.165) is 0 Å². The van der Waals surface area contributed by atoms with Gasteiger partial charge in [0.15, 0.2) is 0 Å². The minimum atomic E-state index is -3.49. The lowest BCUT2D eigenvalue weighted by Gasteiger charge is -2.34. The molecule has 0 radical (unpaired) electrons. The summed E-state index contributed by atoms with van der Waals surface area (Å²) in [5.41, 5.74) is 1.30. The average Bonchev–Trinajstić information content (AvgIpc) is 2.48. The first kappa shape index (κ1) is 15.2. The second-order valence-electron chi connectivity index (χ2n) is 5.31. The van der Waals surface area contributed by atoms with E-state index in [9.17, 15) is 8.42 Å². The van der Waals surface area contributed by atoms with Gasteiger partial charge in [0.05, 0.1) is 18.0 Å². The van der Waals surface area contributed by atoms with E-state index in [0.29, 0.717) is 28.6 Å². The van der Waals surface area contributed by atoms with Gasteiger partial charge in [0.1, 0.15) is 11.9 Å². The molecule has 1 heterocycles. The van der Waals surface area contributed by atoms with E-state index in [2.05, 4.69) is 0 Å². The van der Waals surface area contributed by atoms with Crippen molar-refractivity contribution in [1.29, 1.82) is 0 Å². The smallest absolute Gasteiger partial charge is 0.239 e. The van der Waals surface area contributed by atoms with Gasteiger partial charge in [0.25, 0.3) is 0 Å². The van der Waals surface area contributed by atoms with Crippen LogP contribution in [0.25, 0.3) is 0 Å². The van der Waals surface area contributed by atoms with E-state index in [4.69, 9.17) is 16.3 Å². The third-order valence-corrected chi connectivity index (χ3v) is 5.45. The number of nitrogens with zero attached hydrogens (tertiary/aromatic N) is 1. The molecule has 0 saturated carbocycles. The number of hydrogen-bond donors (Lipinski definition) is 0. The molecule has 0 saturated heterocycles. The molecule has 1 aliphatic heterocycles. The molecule has 1 aliphatic rings. The summed E-state index contributed by atoms with van der Waals surface area (Å²) in [6, 6.07) is 14.1. The van der Waals surface area contributed by atoms with Gasteiger partial charge in [0.2, 0.25) is 10.0 Å². The molecule has 22 heavy (non-hydrogen) atoms. The summed E-state index contributed by atoms with van der Waals surface area (Å²) in [5.74, 6) is 0.534. The molecular formula is C16H16ClNO3S. The second kappa shape index (κ2) is 5.82. The number of hydrogen-bond acceptors (Lipinski definition) is 3. The van der Waals surface area contributed by atoms with Crippen LogP contribution in [-0.4, -0.2) is 21.1 Å². The highest BCUT2D eigenvalue weighted by molar-refractivity contribution is 7.92. The maximum absolute atomic E-state index is 12.8. The third kappa shape index (κ3) is 3.05. The Morgan fingerprint density at radius 3 is 2.59 bits per heavy atom. The second-order valence-corrected chi connectivity index (χ2v) is 7.64. The first-order valence-electron chi connectivity index (χ1n) is 6.96. The highest BCUT2D eigenvalue weighted by atomic mass is 35.5. The van der Waals surface area contributed by atoms with Crippen molar-refractivity contribution in [2.75, 3.05) is 10.8 Å². The largest absolute Gasteiger partial charge is 0.487 e. The molecule has 4 nitrogen and oxygen atoms in total. The van der Waals surface area contributed by atoms with Crippen molar-refractivity contribution in [2.45, 2.75) is 18.8 Å². The molecule has 0 aliphatic carbocycles. The van der Waals surface area contributed by atoms with Crippen LogP contribution in [0.5, 0.6) is 5.75 Å². The molecule has 6 heteroatoms. The minimum absolute atomic E-state index is 0.0643. The van der Waals surface area contributed by atoms with Gasteiger partial charge < -0.3 is 4.74 Å². The number of para-hydroxylation sites is 2. The lowest BCUT2D eigenvalue weighted by Crippen LogP contribution is -2.42. The molecule has 3 rings (SSSR count). The average molecular weight is 338 g/mol. The van der Waals surface area contributed by atoms with Crippen molar-refractivity contribution in [1.82, 2.24) is 0 Å². The maximum atomic E-state index is 12.8. The van der Waals surface area contributed by atoms with Crippen molar-refractivity contribution >= 4 is 27.3 Å². The Morgan fingerprint density at radius 1 is 1.18 bits per heavy atom. The first-order chi connectivity index (χ1) is 10.5. The predicted molar refractivity (Wildman–Crippen MR) is 88.0 cm³/mol. The Balaban J connectivity index is 1.93. The van der Waals surface area contributed by atoms with E-state index in [1.165, 1.54) is 4.31 Å². The van der Waals surface area contributed by atoms with Crippen LogP contribution in [0.1, 0.15) is 12.5 Å². The number of rotatable bonds is 3. The topological polar surface area (TPSA) is 46.6 Å². The van der Waals surface area contributed by atoms with Gasteiger partial charge in [-0.05, 0) is 36.8 Å². The summed E-state index contributed by atoms with van der Waals surface area (Å²) >= 11 is 5.84. The van der Waals surface area contributed by atoms with Gasteiger partial charge in [-0.1, -0.05) is 35.9 Å². The molecule has 0 N–H and O–H groups in total. The zero-order valence-corrected chi connectivity index (χ0v) is 13.6. The fourth-order valence-electron chi connectivity index (χ4n) is 2.48. The molecule has 1 atom stereocenters. The van der Waals surface area contributed by atoms with Gasteiger partial charge in [-0.25, -0.2) is 8.42 Å². The number of benzene rings is 2. The van der Waals surface area contributed by atoms with Crippen molar-refractivity contribution < 1.29 is 13.2 Å². The van der Waals surface area contributed by atoms with Crippen molar-refractivity contribution in [3.8, 4) is 5.75 Å². The van der Waals surface area contributed by atoms with Gasteiger partial charge in [-0.15, -0.1) is 0 Å². The highest BCUT2D eigenvalue weighted by Gasteiger charge is 2.31. The van der Waals surface area contributed by atoms with Crippen LogP contribution in [0.15, 0.2) is 48.5 Å². The third-order valence-electron chi connectivity index (χ3n) is 3.48. The van der Waals surface area contributed by atoms with Crippen molar-refractivity contribution in [2.24, 2.45) is 0 Å². The number of fused-ring (bicyclic) bond motifs is 1. The van der Waals surface area contributed by atoms with Crippen LogP contribution in [-0.2, 0) is 15.8 Å². The predicted octanol–water partition coefficient (Wildman–Crippen LogP) is 3.46. The summed E-state index contributed by atoms with van der Waals surface area (Å²) in [4.78, 5) is 0. The zero-order chi connectivity index (χ0) is 15.7. The zero-order valence-electron chi connectivity index (χ0n) is 12.1. The molecule has 1 unspecified atom stereocenters. The lowest BCUT2D eigenvalue weighted by atomic mass is 10.2. The van der Waals surface area contributed by atoms with Crippen LogP contribution in [0.4, 0.5) is 5.69 Å². The van der Waals surface area contributed by atoms with Gasteiger partial charge in [0, 0.05) is 5.02 Å². The van der Waals surface area contributed by atoms with Crippen LogP contribution < -0.4 is 9.04 Å². The number of anilines is 1. The summed E-state index contributed by atoms with van der Waals surface area (Å²) in [6.45, 7) is 2.17. The van der Waals surface area contributed by atoms with E-state index in [1.807, 2.05) is 19.1 Å². The summed E-state index contributed by atoms with van der Waals surface area (Å²) < 4.78 is 32.7. The fourth-order valence-corrected chi connectivity index (χ4v) is 4.26. The Hall–Kier alpha value is -1.72. The van der Waals surface area contributed by atoms with E-state index in [1.54, 1.807) is 36.4 Å². The quantitative estimate of drug-likeness (QED) is 0.861. The molecule has 116 valence electrons. The Kier molecular flexibility index (Phi) is 4.02. The molecule has 0 aromatic heterocycles. The summed E-state index contributed by atoms with van der Waals surface area (Å²) in [5, 5.41) is 0.589. The van der Waals surface area contributed by atoms with Crippen molar-refractivity contribution in [3.63, 3.8) is 0 Å². The molecule has 2 aromatic rings.